The number of hydrogen-bond donors (Lipinski definition) is 2. The van der Waals surface area contributed by atoms with Crippen LogP contribution < -0.4 is 0 Å². The summed E-state index contributed by atoms with van der Waals surface area (Å²) < 4.78 is 0. The fraction of sp³-hybridized carbons (Fsp3) is 0. The summed E-state index contributed by atoms with van der Waals surface area (Å²) >= 11 is 0. The molecule has 0 atom stereocenters. The number of benzene rings is 1. The lowest BCUT2D eigenvalue weighted by atomic mass is 9.76. The lowest BCUT2D eigenvalue weighted by Gasteiger charge is -2.00. The van der Waals surface area contributed by atoms with E-state index in [0.29, 0.717) is 5.47 Å². The van der Waals surface area contributed by atoms with Crippen LogP contribution >= 0.6 is 0 Å². The predicted molar refractivity (Wildman–Crippen MR) is 51.5 cm³/mol. The number of hydrogen-bond acceptors (Lipinski definition) is 2. The maximum Gasteiger partial charge on any atom is 0.549 e. The maximum atomic E-state index is 8.92. The average molecular weight is 171 g/mol. The molecule has 0 aliphatic heterocycles. The van der Waals surface area contributed by atoms with E-state index in [0.717, 1.165) is 11.1 Å². The van der Waals surface area contributed by atoms with Crippen LogP contribution in [0, 0.1) is 6.08 Å². The van der Waals surface area contributed by atoms with Gasteiger partial charge in [0.1, 0.15) is 0 Å². The smallest absolute Gasteiger partial charge is 0.414 e. The molecule has 0 unspecified atom stereocenters. The molecular formula is C10H8BO2+. The number of rotatable bonds is 1. The second kappa shape index (κ2) is 3.15. The van der Waals surface area contributed by atoms with E-state index in [1.54, 1.807) is 12.2 Å². The van der Waals surface area contributed by atoms with E-state index in [-0.39, 0.29) is 0 Å². The van der Waals surface area contributed by atoms with Gasteiger partial charge in [-0.2, -0.15) is 0 Å². The Morgan fingerprint density at radius 3 is 2.69 bits per heavy atom. The molecule has 2 rings (SSSR count). The molecule has 0 saturated heterocycles. The van der Waals surface area contributed by atoms with Crippen molar-refractivity contribution in [2.45, 2.75) is 0 Å². The topological polar surface area (TPSA) is 40.5 Å². The molecule has 2 nitrogen and oxygen atoms in total. The van der Waals surface area contributed by atoms with Gasteiger partial charge in [-0.3, -0.25) is 0 Å². The Morgan fingerprint density at radius 2 is 1.92 bits per heavy atom. The first-order valence-electron chi connectivity index (χ1n) is 4.04. The minimum atomic E-state index is -1.42. The zero-order valence-corrected chi connectivity index (χ0v) is 6.94. The van der Waals surface area contributed by atoms with Crippen LogP contribution in [0.15, 0.2) is 35.8 Å². The molecule has 0 amide bonds. The average Bonchev–Trinajstić information content (AvgIpc) is 2.17. The maximum absolute atomic E-state index is 8.92. The molecule has 3 heteroatoms. The molecule has 2 N–H and O–H groups in total. The summed E-state index contributed by atoms with van der Waals surface area (Å²) in [6.45, 7) is 0. The number of fused-ring (bicyclic) bond motifs is 1. The number of allylic oxidation sites excluding steroid dienone is 2. The Labute approximate surface area is 77.0 Å². The van der Waals surface area contributed by atoms with E-state index in [1.807, 2.05) is 24.3 Å². The fourth-order valence-electron chi connectivity index (χ4n) is 1.29. The van der Waals surface area contributed by atoms with Crippen LogP contribution in [-0.4, -0.2) is 17.2 Å². The molecule has 1 aromatic rings. The van der Waals surface area contributed by atoms with Gasteiger partial charge in [-0.15, -0.1) is 0 Å². The van der Waals surface area contributed by atoms with Crippen LogP contribution in [0.3, 0.4) is 0 Å². The van der Waals surface area contributed by atoms with Crippen molar-refractivity contribution in [2.75, 3.05) is 0 Å². The van der Waals surface area contributed by atoms with Crippen molar-refractivity contribution < 1.29 is 10.0 Å². The van der Waals surface area contributed by atoms with E-state index < -0.39 is 7.12 Å². The van der Waals surface area contributed by atoms with E-state index in [1.165, 1.54) is 0 Å². The van der Waals surface area contributed by atoms with Gasteiger partial charge in [-0.1, -0.05) is 0 Å². The highest BCUT2D eigenvalue weighted by molar-refractivity contribution is 6.53. The van der Waals surface area contributed by atoms with Gasteiger partial charge in [-0.05, 0) is 18.2 Å². The summed E-state index contributed by atoms with van der Waals surface area (Å²) in [6, 6.07) is 7.68. The van der Waals surface area contributed by atoms with Crippen molar-refractivity contribution in [3.05, 3.63) is 53.0 Å². The molecule has 0 spiro atoms. The normalized spacial score (nSPS) is 12.9. The van der Waals surface area contributed by atoms with Crippen LogP contribution in [0.25, 0.3) is 6.08 Å². The van der Waals surface area contributed by atoms with Crippen LogP contribution in [-0.2, 0) is 0 Å². The Balaban J connectivity index is 2.46. The third-order valence-electron chi connectivity index (χ3n) is 1.98. The van der Waals surface area contributed by atoms with E-state index in [4.69, 9.17) is 10.0 Å². The first kappa shape index (κ1) is 8.20. The first-order valence-corrected chi connectivity index (χ1v) is 4.04. The monoisotopic (exact) mass is 171 g/mol. The second-order valence-corrected chi connectivity index (χ2v) is 2.89. The van der Waals surface area contributed by atoms with Gasteiger partial charge in [0.05, 0.1) is 17.1 Å². The molecule has 0 saturated carbocycles. The standard InChI is InChI=1S/C10H8BO2/c12-11(13)10-6-5-8-3-1-2-4-9(8)7-10/h1-4,6-7,12-13H/q+1. The van der Waals surface area contributed by atoms with Crippen molar-refractivity contribution >= 4 is 13.2 Å². The minimum absolute atomic E-state index is 0.471. The Hall–Kier alpha value is -1.41. The van der Waals surface area contributed by atoms with Gasteiger partial charge in [-0.25, -0.2) is 0 Å². The van der Waals surface area contributed by atoms with E-state index >= 15 is 0 Å². The van der Waals surface area contributed by atoms with E-state index in [2.05, 4.69) is 6.08 Å². The molecule has 13 heavy (non-hydrogen) atoms. The summed E-state index contributed by atoms with van der Waals surface area (Å²) in [5.74, 6) is 0. The van der Waals surface area contributed by atoms with Gasteiger partial charge >= 0.3 is 7.12 Å². The van der Waals surface area contributed by atoms with Gasteiger partial charge < -0.3 is 10.0 Å². The summed E-state index contributed by atoms with van der Waals surface area (Å²) in [5.41, 5.74) is 2.42. The van der Waals surface area contributed by atoms with Gasteiger partial charge in [0.25, 0.3) is 0 Å². The van der Waals surface area contributed by atoms with Crippen LogP contribution in [0.2, 0.25) is 0 Å². The minimum Gasteiger partial charge on any atom is -0.414 e. The molecule has 0 heterocycles. The molecule has 0 aromatic heterocycles. The third kappa shape index (κ3) is 1.53. The molecule has 0 bridgehead atoms. The zero-order chi connectivity index (χ0) is 9.26. The van der Waals surface area contributed by atoms with Crippen molar-refractivity contribution in [3.8, 4) is 0 Å². The fourth-order valence-corrected chi connectivity index (χ4v) is 1.29. The largest absolute Gasteiger partial charge is 0.549 e. The Bertz CT molecular complexity index is 380. The van der Waals surface area contributed by atoms with Gasteiger partial charge in [0.2, 0.25) is 0 Å². The molecular weight excluding hydrogens is 163 g/mol. The molecule has 0 fully saturated rings. The Kier molecular flexibility index (Phi) is 1.99. The lowest BCUT2D eigenvalue weighted by Crippen LogP contribution is -2.14. The van der Waals surface area contributed by atoms with E-state index in [9.17, 15) is 0 Å². The van der Waals surface area contributed by atoms with Crippen LogP contribution in [0.1, 0.15) is 11.1 Å². The molecule has 62 valence electrons. The summed E-state index contributed by atoms with van der Waals surface area (Å²) in [5, 5.41) is 17.8. The second-order valence-electron chi connectivity index (χ2n) is 2.89. The molecule has 1 aliphatic rings. The highest BCUT2D eigenvalue weighted by Gasteiger charge is 2.22. The third-order valence-corrected chi connectivity index (χ3v) is 1.98. The highest BCUT2D eigenvalue weighted by Crippen LogP contribution is 2.19. The molecule has 1 aliphatic carbocycles. The van der Waals surface area contributed by atoms with Gasteiger partial charge in [0, 0.05) is 18.2 Å². The first-order chi connectivity index (χ1) is 6.27. The SMILES string of the molecule is OB(O)C1=Cc2ccccc2[C+]=C1. The van der Waals surface area contributed by atoms with Crippen molar-refractivity contribution in [1.82, 2.24) is 0 Å². The lowest BCUT2D eigenvalue weighted by molar-refractivity contribution is 0.421. The van der Waals surface area contributed by atoms with Crippen LogP contribution in [0.4, 0.5) is 0 Å². The van der Waals surface area contributed by atoms with Crippen molar-refractivity contribution in [1.29, 1.82) is 0 Å². The summed E-state index contributed by atoms with van der Waals surface area (Å²) in [7, 11) is -1.42. The van der Waals surface area contributed by atoms with Crippen molar-refractivity contribution in [3.63, 3.8) is 0 Å². The molecule has 1 aromatic carbocycles. The highest BCUT2D eigenvalue weighted by atomic mass is 16.4. The predicted octanol–water partition coefficient (Wildman–Crippen LogP) is 0.803. The summed E-state index contributed by atoms with van der Waals surface area (Å²) in [6.07, 6.45) is 6.32. The van der Waals surface area contributed by atoms with Gasteiger partial charge in [0.15, 0.2) is 5.56 Å². The quantitative estimate of drug-likeness (QED) is 0.484. The summed E-state index contributed by atoms with van der Waals surface area (Å²) in [4.78, 5) is 0. The zero-order valence-electron chi connectivity index (χ0n) is 6.94. The van der Waals surface area contributed by atoms with Crippen LogP contribution in [0.5, 0.6) is 0 Å². The van der Waals surface area contributed by atoms with Crippen molar-refractivity contribution in [2.24, 2.45) is 0 Å². The Morgan fingerprint density at radius 1 is 1.15 bits per heavy atom. The molecule has 0 radical (unpaired) electrons.